The van der Waals surface area contributed by atoms with Crippen LogP contribution in [0.3, 0.4) is 0 Å². The van der Waals surface area contributed by atoms with Crippen molar-refractivity contribution in [3.63, 3.8) is 0 Å². The monoisotopic (exact) mass is 289 g/mol. The first-order valence-corrected chi connectivity index (χ1v) is 7.19. The predicted octanol–water partition coefficient (Wildman–Crippen LogP) is 4.00. The lowest BCUT2D eigenvalue weighted by Gasteiger charge is -2.01. The van der Waals surface area contributed by atoms with Crippen molar-refractivity contribution in [2.24, 2.45) is 0 Å². The number of nitrogens with zero attached hydrogens (tertiary/aromatic N) is 2. The molecule has 2 heterocycles. The number of aromatic nitrogens is 2. The second-order valence-electron chi connectivity index (χ2n) is 4.17. The van der Waals surface area contributed by atoms with Gasteiger partial charge in [-0.15, -0.1) is 0 Å². The Labute approximate surface area is 120 Å². The van der Waals surface area contributed by atoms with E-state index in [0.717, 1.165) is 33.3 Å². The SMILES string of the molecule is Clc1ccc2nc(NCCc3cccnc3)sc2c1. The Kier molecular flexibility index (Phi) is 3.62. The van der Waals surface area contributed by atoms with Crippen molar-refractivity contribution < 1.29 is 0 Å². The summed E-state index contributed by atoms with van der Waals surface area (Å²) in [5, 5.41) is 5.02. The normalized spacial score (nSPS) is 10.8. The Bertz CT molecular complexity index is 681. The second kappa shape index (κ2) is 5.55. The molecule has 0 amide bonds. The Hall–Kier alpha value is -1.65. The molecule has 0 spiro atoms. The van der Waals surface area contributed by atoms with Crippen molar-refractivity contribution in [2.45, 2.75) is 6.42 Å². The van der Waals surface area contributed by atoms with Crippen molar-refractivity contribution >= 4 is 38.3 Å². The molecule has 0 radical (unpaired) electrons. The average Bonchev–Trinajstić information content (AvgIpc) is 2.82. The number of nitrogens with one attached hydrogen (secondary N) is 1. The van der Waals surface area contributed by atoms with Gasteiger partial charge in [0.2, 0.25) is 0 Å². The first-order chi connectivity index (χ1) is 9.31. The molecule has 3 rings (SSSR count). The number of hydrogen-bond acceptors (Lipinski definition) is 4. The maximum atomic E-state index is 5.96. The van der Waals surface area contributed by atoms with E-state index in [1.165, 1.54) is 5.56 Å². The average molecular weight is 290 g/mol. The van der Waals surface area contributed by atoms with Crippen LogP contribution in [-0.2, 0) is 6.42 Å². The fourth-order valence-electron chi connectivity index (χ4n) is 1.83. The molecule has 0 unspecified atom stereocenters. The quantitative estimate of drug-likeness (QED) is 0.789. The molecule has 0 bridgehead atoms. The summed E-state index contributed by atoms with van der Waals surface area (Å²) < 4.78 is 1.11. The van der Waals surface area contributed by atoms with Crippen LogP contribution in [0.4, 0.5) is 5.13 Å². The molecule has 3 nitrogen and oxygen atoms in total. The fourth-order valence-corrected chi connectivity index (χ4v) is 3.00. The predicted molar refractivity (Wildman–Crippen MR) is 81.1 cm³/mol. The van der Waals surface area contributed by atoms with Gasteiger partial charge in [0.25, 0.3) is 0 Å². The van der Waals surface area contributed by atoms with Crippen molar-refractivity contribution in [1.82, 2.24) is 9.97 Å². The minimum atomic E-state index is 0.748. The molecule has 0 aliphatic carbocycles. The van der Waals surface area contributed by atoms with Crippen LogP contribution in [-0.4, -0.2) is 16.5 Å². The van der Waals surface area contributed by atoms with E-state index in [0.29, 0.717) is 0 Å². The smallest absolute Gasteiger partial charge is 0.183 e. The maximum Gasteiger partial charge on any atom is 0.183 e. The van der Waals surface area contributed by atoms with Crippen molar-refractivity contribution in [3.8, 4) is 0 Å². The van der Waals surface area contributed by atoms with Crippen LogP contribution in [0.25, 0.3) is 10.2 Å². The Balaban J connectivity index is 1.65. The van der Waals surface area contributed by atoms with E-state index in [-0.39, 0.29) is 0 Å². The van der Waals surface area contributed by atoms with E-state index in [1.807, 2.05) is 30.5 Å². The summed E-state index contributed by atoms with van der Waals surface area (Å²) in [6.45, 7) is 0.846. The lowest BCUT2D eigenvalue weighted by molar-refractivity contribution is 1.00. The largest absolute Gasteiger partial charge is 0.361 e. The number of rotatable bonds is 4. The van der Waals surface area contributed by atoms with Gasteiger partial charge in [-0.3, -0.25) is 4.98 Å². The number of hydrogen-bond donors (Lipinski definition) is 1. The summed E-state index contributed by atoms with van der Waals surface area (Å²) in [6, 6.07) is 9.78. The molecule has 0 aliphatic rings. The van der Waals surface area contributed by atoms with Crippen LogP contribution in [0.15, 0.2) is 42.7 Å². The van der Waals surface area contributed by atoms with Gasteiger partial charge in [-0.25, -0.2) is 4.98 Å². The van der Waals surface area contributed by atoms with Crippen LogP contribution in [0.5, 0.6) is 0 Å². The van der Waals surface area contributed by atoms with Crippen molar-refractivity contribution in [2.75, 3.05) is 11.9 Å². The Morgan fingerprint density at radius 3 is 3.05 bits per heavy atom. The highest BCUT2D eigenvalue weighted by molar-refractivity contribution is 7.22. The molecule has 1 N–H and O–H groups in total. The lowest BCUT2D eigenvalue weighted by Crippen LogP contribution is -2.04. The molecule has 96 valence electrons. The van der Waals surface area contributed by atoms with Gasteiger partial charge < -0.3 is 5.32 Å². The van der Waals surface area contributed by atoms with Gasteiger partial charge in [0, 0.05) is 24.0 Å². The third-order valence-electron chi connectivity index (χ3n) is 2.76. The fraction of sp³-hybridized carbons (Fsp3) is 0.143. The summed E-state index contributed by atoms with van der Waals surface area (Å²) in [4.78, 5) is 8.62. The first kappa shape index (κ1) is 12.4. The molecular weight excluding hydrogens is 278 g/mol. The summed E-state index contributed by atoms with van der Waals surface area (Å²) in [5.41, 5.74) is 2.21. The minimum Gasteiger partial charge on any atom is -0.361 e. The third-order valence-corrected chi connectivity index (χ3v) is 3.97. The summed E-state index contributed by atoms with van der Waals surface area (Å²) in [7, 11) is 0. The molecule has 5 heteroatoms. The van der Waals surface area contributed by atoms with Gasteiger partial charge in [0.1, 0.15) is 0 Å². The topological polar surface area (TPSA) is 37.8 Å². The maximum absolute atomic E-state index is 5.96. The van der Waals surface area contributed by atoms with Gasteiger partial charge in [-0.1, -0.05) is 29.0 Å². The van der Waals surface area contributed by atoms with Gasteiger partial charge in [0.05, 0.1) is 10.2 Å². The number of fused-ring (bicyclic) bond motifs is 1. The summed E-state index contributed by atoms with van der Waals surface area (Å²) in [5.74, 6) is 0. The molecule has 0 atom stereocenters. The molecule has 3 aromatic rings. The lowest BCUT2D eigenvalue weighted by atomic mass is 10.2. The zero-order valence-electron chi connectivity index (χ0n) is 10.1. The van der Waals surface area contributed by atoms with E-state index in [2.05, 4.69) is 21.4 Å². The number of pyridine rings is 1. The van der Waals surface area contributed by atoms with E-state index >= 15 is 0 Å². The van der Waals surface area contributed by atoms with Crippen molar-refractivity contribution in [3.05, 3.63) is 53.3 Å². The van der Waals surface area contributed by atoms with E-state index < -0.39 is 0 Å². The zero-order valence-corrected chi connectivity index (χ0v) is 11.7. The first-order valence-electron chi connectivity index (χ1n) is 6.00. The Morgan fingerprint density at radius 1 is 1.26 bits per heavy atom. The van der Waals surface area contributed by atoms with Crippen LogP contribution in [0.2, 0.25) is 5.02 Å². The standard InChI is InChI=1S/C14H12ClN3S/c15-11-3-4-12-13(8-11)19-14(18-12)17-7-5-10-2-1-6-16-9-10/h1-4,6,8-9H,5,7H2,(H,17,18). The molecule has 0 fully saturated rings. The molecular formula is C14H12ClN3S. The second-order valence-corrected chi connectivity index (χ2v) is 5.64. The molecule has 1 aromatic carbocycles. The molecule has 0 saturated heterocycles. The van der Waals surface area contributed by atoms with Gasteiger partial charge in [-0.2, -0.15) is 0 Å². The highest BCUT2D eigenvalue weighted by Crippen LogP contribution is 2.28. The van der Waals surface area contributed by atoms with Crippen LogP contribution in [0, 0.1) is 0 Å². The third kappa shape index (κ3) is 3.03. The van der Waals surface area contributed by atoms with Crippen LogP contribution in [0.1, 0.15) is 5.56 Å². The zero-order chi connectivity index (χ0) is 13.1. The summed E-state index contributed by atoms with van der Waals surface area (Å²) >= 11 is 7.59. The number of benzene rings is 1. The van der Waals surface area contributed by atoms with Crippen LogP contribution < -0.4 is 5.32 Å². The minimum absolute atomic E-state index is 0.748. The number of halogens is 1. The molecule has 0 saturated carbocycles. The van der Waals surface area contributed by atoms with Gasteiger partial charge in [0.15, 0.2) is 5.13 Å². The number of anilines is 1. The van der Waals surface area contributed by atoms with Crippen molar-refractivity contribution in [1.29, 1.82) is 0 Å². The van der Waals surface area contributed by atoms with Gasteiger partial charge >= 0.3 is 0 Å². The van der Waals surface area contributed by atoms with E-state index in [1.54, 1.807) is 17.5 Å². The summed E-state index contributed by atoms with van der Waals surface area (Å²) in [6.07, 6.45) is 4.61. The van der Waals surface area contributed by atoms with E-state index in [4.69, 9.17) is 11.6 Å². The molecule has 2 aromatic heterocycles. The number of thiazole rings is 1. The molecule has 19 heavy (non-hydrogen) atoms. The molecule has 0 aliphatic heterocycles. The van der Waals surface area contributed by atoms with E-state index in [9.17, 15) is 0 Å². The highest BCUT2D eigenvalue weighted by atomic mass is 35.5. The Morgan fingerprint density at radius 2 is 2.21 bits per heavy atom. The highest BCUT2D eigenvalue weighted by Gasteiger charge is 2.03. The van der Waals surface area contributed by atoms with Crippen LogP contribution >= 0.6 is 22.9 Å². The van der Waals surface area contributed by atoms with Gasteiger partial charge in [-0.05, 0) is 36.2 Å².